The van der Waals surface area contributed by atoms with E-state index in [0.717, 1.165) is 24.9 Å². The van der Waals surface area contributed by atoms with Crippen LogP contribution in [-0.2, 0) is 11.1 Å². The Bertz CT molecular complexity index is 1240. The van der Waals surface area contributed by atoms with Crippen molar-refractivity contribution in [2.75, 3.05) is 18.1 Å². The number of benzene rings is 1. The average Bonchev–Trinajstić information content (AvgIpc) is 3.50. The number of rotatable bonds is 10. The lowest BCUT2D eigenvalue weighted by atomic mass is 10.1. The molecule has 0 aliphatic heterocycles. The minimum atomic E-state index is -1.95. The van der Waals surface area contributed by atoms with Gasteiger partial charge >= 0.3 is 0 Å². The molecule has 4 rings (SSSR count). The fraction of sp³-hybridized carbons (Fsp3) is 0.318. The maximum absolute atomic E-state index is 13.3. The molecule has 1 atom stereocenters. The highest BCUT2D eigenvalue weighted by molar-refractivity contribution is 7.99. The maximum Gasteiger partial charge on any atom is 0.281 e. The third kappa shape index (κ3) is 5.45. The van der Waals surface area contributed by atoms with Crippen LogP contribution in [0.1, 0.15) is 24.8 Å². The summed E-state index contributed by atoms with van der Waals surface area (Å²) in [5, 5.41) is 19.6. The van der Waals surface area contributed by atoms with E-state index < -0.39 is 13.9 Å². The molecule has 2 aromatic heterocycles. The molecule has 2 heterocycles. The normalized spacial score (nSPS) is 14.9. The van der Waals surface area contributed by atoms with Crippen LogP contribution in [0.15, 0.2) is 44.8 Å². The zero-order valence-corrected chi connectivity index (χ0v) is 21.3. The lowest BCUT2D eigenvalue weighted by molar-refractivity contribution is 0.401. The van der Waals surface area contributed by atoms with Gasteiger partial charge in [-0.2, -0.15) is 16.4 Å². The number of nitrogens with zero attached hydrogens (tertiary/aromatic N) is 3. The number of hydrogen-bond acceptors (Lipinski definition) is 9. The van der Waals surface area contributed by atoms with Crippen molar-refractivity contribution in [1.29, 1.82) is 0 Å². The molecule has 1 saturated carbocycles. The summed E-state index contributed by atoms with van der Waals surface area (Å²) in [4.78, 5) is 28.1. The number of anilines is 1. The second kappa shape index (κ2) is 10.9. The van der Waals surface area contributed by atoms with Crippen molar-refractivity contribution in [2.24, 2.45) is 16.6 Å². The van der Waals surface area contributed by atoms with Crippen molar-refractivity contribution in [3.8, 4) is 17.0 Å². The van der Waals surface area contributed by atoms with Gasteiger partial charge in [0.25, 0.3) is 5.56 Å². The van der Waals surface area contributed by atoms with E-state index in [0.29, 0.717) is 29.0 Å². The molecule has 0 bridgehead atoms. The van der Waals surface area contributed by atoms with E-state index in [9.17, 15) is 14.8 Å². The molecule has 0 saturated heterocycles. The van der Waals surface area contributed by atoms with Gasteiger partial charge in [-0.15, -0.1) is 0 Å². The number of nitrogens with one attached hydrogen (secondary N) is 1. The van der Waals surface area contributed by atoms with E-state index in [1.807, 2.05) is 23.1 Å². The molecule has 0 spiro atoms. The summed E-state index contributed by atoms with van der Waals surface area (Å²) in [7, 11) is -0.553. The minimum Gasteiger partial charge on any atom is -0.505 e. The smallest absolute Gasteiger partial charge is 0.281 e. The predicted octanol–water partition coefficient (Wildman–Crippen LogP) is 3.78. The molecule has 9 nitrogen and oxygen atoms in total. The van der Waals surface area contributed by atoms with Crippen LogP contribution in [0.25, 0.3) is 11.3 Å². The first-order valence-electron chi connectivity index (χ1n) is 10.6. The number of aryl methyl sites for hydroxylation is 1. The molecule has 1 unspecified atom stereocenters. The Kier molecular flexibility index (Phi) is 7.90. The highest BCUT2D eigenvalue weighted by atomic mass is 32.2. The fourth-order valence-electron chi connectivity index (χ4n) is 3.49. The van der Waals surface area contributed by atoms with Crippen LogP contribution in [0.5, 0.6) is 5.75 Å². The second-order valence-electron chi connectivity index (χ2n) is 7.81. The molecule has 5 N–H and O–H groups in total. The van der Waals surface area contributed by atoms with E-state index in [2.05, 4.69) is 14.8 Å². The molecular weight excluding hydrogens is 493 g/mol. The van der Waals surface area contributed by atoms with Gasteiger partial charge in [0.05, 0.1) is 11.0 Å². The van der Waals surface area contributed by atoms with Gasteiger partial charge in [-0.05, 0) is 42.0 Å². The van der Waals surface area contributed by atoms with Crippen LogP contribution in [0.3, 0.4) is 0 Å². The van der Waals surface area contributed by atoms with Gasteiger partial charge in [-0.25, -0.2) is 9.67 Å². The van der Waals surface area contributed by atoms with Gasteiger partial charge in [0.2, 0.25) is 8.38 Å². The van der Waals surface area contributed by atoms with Gasteiger partial charge in [0.1, 0.15) is 17.1 Å². The number of nitrogens with two attached hydrogens (primary N) is 1. The summed E-state index contributed by atoms with van der Waals surface area (Å²) >= 11 is 2.87. The third-order valence-corrected chi connectivity index (χ3v) is 7.68. The van der Waals surface area contributed by atoms with E-state index in [1.54, 1.807) is 18.2 Å². The van der Waals surface area contributed by atoms with E-state index in [1.165, 1.54) is 35.1 Å². The lowest BCUT2D eigenvalue weighted by Gasteiger charge is -2.15. The highest BCUT2D eigenvalue weighted by Gasteiger charge is 2.25. The number of amidine groups is 1. The van der Waals surface area contributed by atoms with Gasteiger partial charge < -0.3 is 25.0 Å². The Balaban J connectivity index is 1.82. The molecule has 3 aromatic rings. The number of hydrogen-bond donors (Lipinski definition) is 4. The monoisotopic (exact) mass is 519 g/mol. The Morgan fingerprint density at radius 1 is 1.44 bits per heavy atom. The van der Waals surface area contributed by atoms with E-state index >= 15 is 0 Å². The van der Waals surface area contributed by atoms with Gasteiger partial charge in [0, 0.05) is 36.5 Å². The Hall–Kier alpha value is -2.43. The van der Waals surface area contributed by atoms with Crippen LogP contribution in [0.4, 0.5) is 11.4 Å². The second-order valence-corrected chi connectivity index (χ2v) is 10.6. The summed E-state index contributed by atoms with van der Waals surface area (Å²) in [6.07, 6.45) is 5.05. The molecule has 0 amide bonds. The molecule has 1 aromatic carbocycles. The summed E-state index contributed by atoms with van der Waals surface area (Å²) in [5.41, 5.74) is 7.78. The number of aliphatic imine (C=N–C) groups is 1. The molecule has 34 heavy (non-hydrogen) atoms. The SMILES string of the molecule is COP(O)c1cc(NSC)ccc1N=C(N)c1c(O)c(-c2ccsc2)nn(CCC2CC2)c1=O. The molecule has 1 aliphatic carbocycles. The molecule has 1 aliphatic rings. The van der Waals surface area contributed by atoms with Crippen LogP contribution >= 0.6 is 31.7 Å². The summed E-state index contributed by atoms with van der Waals surface area (Å²) in [6, 6.07) is 7.00. The zero-order chi connectivity index (χ0) is 24.2. The number of aromatic hydroxyl groups is 1. The Morgan fingerprint density at radius 2 is 2.24 bits per heavy atom. The highest BCUT2D eigenvalue weighted by Crippen LogP contribution is 2.36. The molecule has 12 heteroatoms. The first-order chi connectivity index (χ1) is 16.4. The predicted molar refractivity (Wildman–Crippen MR) is 141 cm³/mol. The summed E-state index contributed by atoms with van der Waals surface area (Å²) in [6.45, 7) is 0.438. The maximum atomic E-state index is 13.3. The summed E-state index contributed by atoms with van der Waals surface area (Å²) in [5.74, 6) is 0.135. The van der Waals surface area contributed by atoms with Crippen molar-refractivity contribution in [1.82, 2.24) is 9.78 Å². The van der Waals surface area contributed by atoms with Crippen LogP contribution in [0.2, 0.25) is 0 Å². The van der Waals surface area contributed by atoms with Crippen molar-refractivity contribution >= 4 is 54.2 Å². The summed E-state index contributed by atoms with van der Waals surface area (Å²) < 4.78 is 9.60. The number of thiophene rings is 1. The van der Waals surface area contributed by atoms with Crippen LogP contribution < -0.4 is 21.3 Å². The number of aromatic nitrogens is 2. The molecule has 1 fully saturated rings. The van der Waals surface area contributed by atoms with Crippen LogP contribution in [0, 0.1) is 5.92 Å². The molecule has 0 radical (unpaired) electrons. The van der Waals surface area contributed by atoms with Crippen LogP contribution in [-0.4, -0.2) is 39.0 Å². The zero-order valence-electron chi connectivity index (χ0n) is 18.8. The first kappa shape index (κ1) is 24.7. The molecular formula is C22H26N5O4PS2. The third-order valence-electron chi connectivity index (χ3n) is 5.44. The minimum absolute atomic E-state index is 0.107. The van der Waals surface area contributed by atoms with Gasteiger partial charge in [-0.1, -0.05) is 24.8 Å². The van der Waals surface area contributed by atoms with Gasteiger partial charge in [-0.3, -0.25) is 4.79 Å². The fourth-order valence-corrected chi connectivity index (χ4v) is 5.26. The first-order valence-corrected chi connectivity index (χ1v) is 14.0. The Morgan fingerprint density at radius 3 is 2.88 bits per heavy atom. The standard InChI is InChI=1S/C22H26N5O4PS2/c1-31-32(30)17-11-15(26-33-2)5-6-16(17)24-21(23)18-20(28)19(14-8-10-34-12-14)25-27(22(18)29)9-7-13-3-4-13/h5-6,8,10-13,26,28,30H,3-4,7,9H2,1-2H3,(H2,23,24). The van der Waals surface area contributed by atoms with E-state index in [-0.39, 0.29) is 22.8 Å². The van der Waals surface area contributed by atoms with Crippen molar-refractivity contribution in [3.63, 3.8) is 0 Å². The topological polar surface area (TPSA) is 135 Å². The van der Waals surface area contributed by atoms with Crippen molar-refractivity contribution < 1.29 is 14.5 Å². The Labute approximate surface area is 206 Å². The van der Waals surface area contributed by atoms with Gasteiger partial charge in [0.15, 0.2) is 5.75 Å². The average molecular weight is 520 g/mol. The quantitative estimate of drug-likeness (QED) is 0.138. The lowest BCUT2D eigenvalue weighted by Crippen LogP contribution is -2.32. The van der Waals surface area contributed by atoms with E-state index in [4.69, 9.17) is 10.3 Å². The van der Waals surface area contributed by atoms with Crippen molar-refractivity contribution in [2.45, 2.75) is 25.8 Å². The van der Waals surface area contributed by atoms with Crippen molar-refractivity contribution in [3.05, 3.63) is 50.9 Å². The molecule has 180 valence electrons. The largest absolute Gasteiger partial charge is 0.505 e.